The second-order valence-electron chi connectivity index (χ2n) is 3.92. The van der Waals surface area contributed by atoms with Crippen LogP contribution in [0.25, 0.3) is 0 Å². The lowest BCUT2D eigenvalue weighted by molar-refractivity contribution is -0.144. The molecular formula is C9H10F3N3O3S. The van der Waals surface area contributed by atoms with E-state index < -0.39 is 24.0 Å². The summed E-state index contributed by atoms with van der Waals surface area (Å²) < 4.78 is 45.6. The zero-order valence-electron chi connectivity index (χ0n) is 9.55. The van der Waals surface area contributed by atoms with Crippen LogP contribution in [0, 0.1) is 0 Å². The largest absolute Gasteiger partial charge is 0.481 e. The number of hydrogen-bond donors (Lipinski definition) is 1. The SMILES string of the molecule is O=C(O)CC1COCCN1c1nc(C(F)(F)F)ns1. The molecular weight excluding hydrogens is 287 g/mol. The van der Waals surface area contributed by atoms with Crippen LogP contribution in [0.2, 0.25) is 0 Å². The van der Waals surface area contributed by atoms with Gasteiger partial charge in [-0.1, -0.05) is 0 Å². The van der Waals surface area contributed by atoms with Crippen molar-refractivity contribution in [2.45, 2.75) is 18.6 Å². The van der Waals surface area contributed by atoms with E-state index >= 15 is 0 Å². The van der Waals surface area contributed by atoms with Gasteiger partial charge in [-0.3, -0.25) is 4.79 Å². The molecule has 10 heteroatoms. The van der Waals surface area contributed by atoms with Gasteiger partial charge in [-0.15, -0.1) is 0 Å². The highest BCUT2D eigenvalue weighted by Gasteiger charge is 2.37. The molecule has 0 amide bonds. The van der Waals surface area contributed by atoms with Crippen LogP contribution in [-0.2, 0) is 15.7 Å². The van der Waals surface area contributed by atoms with Gasteiger partial charge in [-0.25, -0.2) is 0 Å². The van der Waals surface area contributed by atoms with Crippen LogP contribution in [0.3, 0.4) is 0 Å². The predicted molar refractivity (Wildman–Crippen MR) is 59.1 cm³/mol. The van der Waals surface area contributed by atoms with Gasteiger partial charge in [-0.05, 0) is 0 Å². The van der Waals surface area contributed by atoms with Gasteiger partial charge in [0.2, 0.25) is 11.0 Å². The van der Waals surface area contributed by atoms with E-state index in [0.29, 0.717) is 24.7 Å². The number of nitrogens with zero attached hydrogens (tertiary/aromatic N) is 3. The maximum Gasteiger partial charge on any atom is 0.452 e. The van der Waals surface area contributed by atoms with Crippen molar-refractivity contribution in [1.29, 1.82) is 0 Å². The first-order valence-electron chi connectivity index (χ1n) is 5.35. The van der Waals surface area contributed by atoms with E-state index in [-0.39, 0.29) is 18.2 Å². The molecule has 1 atom stereocenters. The Morgan fingerprint density at radius 3 is 2.89 bits per heavy atom. The third-order valence-electron chi connectivity index (χ3n) is 2.55. The van der Waals surface area contributed by atoms with Crippen LogP contribution in [0.1, 0.15) is 12.2 Å². The highest BCUT2D eigenvalue weighted by Crippen LogP contribution is 2.31. The van der Waals surface area contributed by atoms with Crippen molar-refractivity contribution in [2.24, 2.45) is 0 Å². The molecule has 0 radical (unpaired) electrons. The minimum Gasteiger partial charge on any atom is -0.481 e. The molecule has 2 rings (SSSR count). The summed E-state index contributed by atoms with van der Waals surface area (Å²) >= 11 is 0.610. The molecule has 1 saturated heterocycles. The molecule has 106 valence electrons. The third-order valence-corrected chi connectivity index (χ3v) is 3.31. The number of morpholine rings is 1. The summed E-state index contributed by atoms with van der Waals surface area (Å²) in [5.74, 6) is -2.24. The molecule has 0 spiro atoms. The maximum absolute atomic E-state index is 12.4. The quantitative estimate of drug-likeness (QED) is 0.904. The number of carbonyl (C=O) groups is 1. The number of hydrogen-bond acceptors (Lipinski definition) is 6. The molecule has 1 aliphatic heterocycles. The number of anilines is 1. The Balaban J connectivity index is 2.18. The minimum atomic E-state index is -4.59. The minimum absolute atomic E-state index is 0.0712. The lowest BCUT2D eigenvalue weighted by atomic mass is 10.2. The second-order valence-corrected chi connectivity index (χ2v) is 4.65. The van der Waals surface area contributed by atoms with E-state index in [4.69, 9.17) is 9.84 Å². The molecule has 0 aromatic carbocycles. The molecule has 1 aliphatic rings. The maximum atomic E-state index is 12.4. The molecule has 2 heterocycles. The molecule has 0 bridgehead atoms. The van der Waals surface area contributed by atoms with Crippen LogP contribution < -0.4 is 4.90 Å². The van der Waals surface area contributed by atoms with E-state index in [1.54, 1.807) is 0 Å². The number of halogens is 3. The molecule has 1 fully saturated rings. The zero-order chi connectivity index (χ0) is 14.0. The Morgan fingerprint density at radius 1 is 1.58 bits per heavy atom. The van der Waals surface area contributed by atoms with Crippen molar-refractivity contribution in [2.75, 3.05) is 24.7 Å². The topological polar surface area (TPSA) is 75.6 Å². The van der Waals surface area contributed by atoms with Crippen LogP contribution >= 0.6 is 11.5 Å². The van der Waals surface area contributed by atoms with Crippen LogP contribution in [0.5, 0.6) is 0 Å². The highest BCUT2D eigenvalue weighted by atomic mass is 32.1. The van der Waals surface area contributed by atoms with E-state index in [2.05, 4.69) is 9.36 Å². The summed E-state index contributed by atoms with van der Waals surface area (Å²) in [6.45, 7) is 0.759. The highest BCUT2D eigenvalue weighted by molar-refractivity contribution is 7.09. The number of alkyl halides is 3. The molecule has 19 heavy (non-hydrogen) atoms. The lowest BCUT2D eigenvalue weighted by Crippen LogP contribution is -2.46. The number of ether oxygens (including phenoxy) is 1. The summed E-state index contributed by atoms with van der Waals surface area (Å²) in [4.78, 5) is 15.6. The summed E-state index contributed by atoms with van der Waals surface area (Å²) in [5.41, 5.74) is 0. The fourth-order valence-corrected chi connectivity index (χ4v) is 2.51. The first-order chi connectivity index (χ1) is 8.88. The molecule has 0 aliphatic carbocycles. The lowest BCUT2D eigenvalue weighted by Gasteiger charge is -2.34. The average molecular weight is 297 g/mol. The van der Waals surface area contributed by atoms with Crippen molar-refractivity contribution in [3.63, 3.8) is 0 Å². The van der Waals surface area contributed by atoms with Crippen molar-refractivity contribution < 1.29 is 27.8 Å². The second kappa shape index (κ2) is 5.29. The van der Waals surface area contributed by atoms with Gasteiger partial charge in [0.15, 0.2) is 0 Å². The number of aliphatic carboxylic acids is 1. The Bertz CT molecular complexity index is 465. The smallest absolute Gasteiger partial charge is 0.452 e. The predicted octanol–water partition coefficient (Wildman–Crippen LogP) is 1.24. The average Bonchev–Trinajstić information content (AvgIpc) is 2.77. The van der Waals surface area contributed by atoms with E-state index in [0.717, 1.165) is 0 Å². The number of aromatic nitrogens is 2. The van der Waals surface area contributed by atoms with Crippen LogP contribution in [0.15, 0.2) is 0 Å². The van der Waals surface area contributed by atoms with Gasteiger partial charge in [-0.2, -0.15) is 22.5 Å². The molecule has 1 aromatic rings. The molecule has 1 N–H and O–H groups in total. The van der Waals surface area contributed by atoms with E-state index in [1.165, 1.54) is 4.90 Å². The van der Waals surface area contributed by atoms with Gasteiger partial charge >= 0.3 is 12.1 Å². The summed E-state index contributed by atoms with van der Waals surface area (Å²) in [5, 5.41) is 8.84. The zero-order valence-corrected chi connectivity index (χ0v) is 10.4. The van der Waals surface area contributed by atoms with Gasteiger partial charge in [0.1, 0.15) is 0 Å². The molecule has 0 saturated carbocycles. The number of carboxylic acids is 1. The van der Waals surface area contributed by atoms with Crippen molar-refractivity contribution in [3.05, 3.63) is 5.82 Å². The first-order valence-corrected chi connectivity index (χ1v) is 6.12. The van der Waals surface area contributed by atoms with Crippen LogP contribution in [0.4, 0.5) is 18.3 Å². The summed E-state index contributed by atoms with van der Waals surface area (Å²) in [7, 11) is 0. The Morgan fingerprint density at radius 2 is 2.32 bits per heavy atom. The summed E-state index contributed by atoms with van der Waals surface area (Å²) in [6, 6.07) is -0.528. The Kier molecular flexibility index (Phi) is 3.90. The van der Waals surface area contributed by atoms with E-state index in [1.807, 2.05) is 0 Å². The molecule has 1 aromatic heterocycles. The van der Waals surface area contributed by atoms with Gasteiger partial charge in [0, 0.05) is 18.1 Å². The Labute approximate surface area is 110 Å². The number of rotatable bonds is 3. The standard InChI is InChI=1S/C9H10F3N3O3S/c10-9(11,12)7-13-8(19-14-7)15-1-2-18-4-5(15)3-6(16)17/h5H,1-4H2,(H,16,17). The van der Waals surface area contributed by atoms with Crippen LogP contribution in [-0.4, -0.2) is 46.2 Å². The fourth-order valence-electron chi connectivity index (χ4n) is 1.72. The fraction of sp³-hybridized carbons (Fsp3) is 0.667. The van der Waals surface area contributed by atoms with Gasteiger partial charge < -0.3 is 14.7 Å². The Hall–Kier alpha value is -1.42. The first kappa shape index (κ1) is 14.0. The third kappa shape index (κ3) is 3.32. The van der Waals surface area contributed by atoms with Gasteiger partial charge in [0.25, 0.3) is 0 Å². The van der Waals surface area contributed by atoms with Crippen molar-refractivity contribution in [3.8, 4) is 0 Å². The summed E-state index contributed by atoms with van der Waals surface area (Å²) in [6.07, 6.45) is -4.82. The molecule has 6 nitrogen and oxygen atoms in total. The normalized spacial score (nSPS) is 20.6. The molecule has 1 unspecified atom stereocenters. The van der Waals surface area contributed by atoms with Crippen molar-refractivity contribution in [1.82, 2.24) is 9.36 Å². The van der Waals surface area contributed by atoms with Crippen molar-refractivity contribution >= 4 is 22.6 Å². The number of carboxylic acid groups (broad SMARTS) is 1. The van der Waals surface area contributed by atoms with Gasteiger partial charge in [0.05, 0.1) is 25.7 Å². The van der Waals surface area contributed by atoms with E-state index in [9.17, 15) is 18.0 Å². The monoisotopic (exact) mass is 297 g/mol.